The highest BCUT2D eigenvalue weighted by Crippen LogP contribution is 2.23. The number of halogens is 1. The molecule has 3 nitrogen and oxygen atoms in total. The number of hydrogen-bond donors (Lipinski definition) is 1. The van der Waals surface area contributed by atoms with Crippen molar-refractivity contribution in [1.82, 2.24) is 4.90 Å². The minimum Gasteiger partial charge on any atom is -0.381 e. The molecule has 2 unspecified atom stereocenters. The van der Waals surface area contributed by atoms with Crippen LogP contribution in [0.1, 0.15) is 25.3 Å². The van der Waals surface area contributed by atoms with E-state index in [4.69, 9.17) is 10.5 Å². The summed E-state index contributed by atoms with van der Waals surface area (Å²) in [7, 11) is 2.09. The zero-order chi connectivity index (χ0) is 15.3. The molecule has 0 aromatic heterocycles. The Morgan fingerprint density at radius 3 is 2.81 bits per heavy atom. The highest BCUT2D eigenvalue weighted by atomic mass is 19.1. The van der Waals surface area contributed by atoms with E-state index in [1.807, 2.05) is 12.1 Å². The maximum absolute atomic E-state index is 13.9. The van der Waals surface area contributed by atoms with Gasteiger partial charge in [-0.2, -0.15) is 0 Å². The molecule has 2 rings (SSSR count). The molecule has 1 saturated heterocycles. The van der Waals surface area contributed by atoms with Gasteiger partial charge in [0.25, 0.3) is 0 Å². The Morgan fingerprint density at radius 1 is 1.43 bits per heavy atom. The number of benzene rings is 1. The van der Waals surface area contributed by atoms with Crippen LogP contribution in [0.4, 0.5) is 4.39 Å². The standard InChI is InChI=1S/C17H27FN2O/c1-17(13-19,10-15-7-3-4-8-16(15)18)20(2)11-14-6-5-9-21-12-14/h3-4,7-8,14H,5-6,9-13,19H2,1-2H3. The second kappa shape index (κ2) is 7.34. The van der Waals surface area contributed by atoms with E-state index in [9.17, 15) is 4.39 Å². The molecule has 1 aromatic rings. The van der Waals surface area contributed by atoms with Gasteiger partial charge in [-0.15, -0.1) is 0 Å². The minimum atomic E-state index is -0.236. The topological polar surface area (TPSA) is 38.5 Å². The Kier molecular flexibility index (Phi) is 5.73. The molecule has 0 aliphatic carbocycles. The molecule has 0 saturated carbocycles. The van der Waals surface area contributed by atoms with Crippen LogP contribution in [0.5, 0.6) is 0 Å². The zero-order valence-corrected chi connectivity index (χ0v) is 13.1. The van der Waals surface area contributed by atoms with Gasteiger partial charge in [0.1, 0.15) is 5.82 Å². The Morgan fingerprint density at radius 2 is 2.19 bits per heavy atom. The second-order valence-corrected chi connectivity index (χ2v) is 6.43. The lowest BCUT2D eigenvalue weighted by Crippen LogP contribution is -2.53. The van der Waals surface area contributed by atoms with Crippen LogP contribution in [0.2, 0.25) is 0 Å². The third-order valence-corrected chi connectivity index (χ3v) is 4.68. The number of nitrogens with zero attached hydrogens (tertiary/aromatic N) is 1. The molecule has 1 aromatic carbocycles. The molecule has 21 heavy (non-hydrogen) atoms. The first-order chi connectivity index (χ1) is 10.0. The van der Waals surface area contributed by atoms with Crippen molar-refractivity contribution < 1.29 is 9.13 Å². The average Bonchev–Trinajstić information content (AvgIpc) is 2.50. The summed E-state index contributed by atoms with van der Waals surface area (Å²) in [6, 6.07) is 6.97. The summed E-state index contributed by atoms with van der Waals surface area (Å²) in [5.74, 6) is 0.404. The van der Waals surface area contributed by atoms with E-state index in [0.717, 1.165) is 31.7 Å². The monoisotopic (exact) mass is 294 g/mol. The van der Waals surface area contributed by atoms with Crippen LogP contribution in [-0.2, 0) is 11.2 Å². The van der Waals surface area contributed by atoms with Crippen LogP contribution in [0.3, 0.4) is 0 Å². The molecule has 1 aliphatic rings. The fourth-order valence-corrected chi connectivity index (χ4v) is 2.97. The number of nitrogens with two attached hydrogens (primary N) is 1. The highest BCUT2D eigenvalue weighted by Gasteiger charge is 2.31. The number of likely N-dealkylation sites (N-methyl/N-ethyl adjacent to an activating group) is 1. The van der Waals surface area contributed by atoms with Crippen molar-refractivity contribution in [3.05, 3.63) is 35.6 Å². The SMILES string of the molecule is CN(CC1CCCOC1)C(C)(CN)Cc1ccccc1F. The van der Waals surface area contributed by atoms with Gasteiger partial charge in [0, 0.05) is 25.2 Å². The van der Waals surface area contributed by atoms with E-state index >= 15 is 0 Å². The van der Waals surface area contributed by atoms with Crippen LogP contribution in [0, 0.1) is 11.7 Å². The van der Waals surface area contributed by atoms with Crippen molar-refractivity contribution in [3.8, 4) is 0 Å². The molecule has 4 heteroatoms. The lowest BCUT2D eigenvalue weighted by atomic mass is 9.89. The van der Waals surface area contributed by atoms with Crippen molar-refractivity contribution >= 4 is 0 Å². The Hall–Kier alpha value is -0.970. The lowest BCUT2D eigenvalue weighted by molar-refractivity contribution is 0.0238. The molecule has 118 valence electrons. The first kappa shape index (κ1) is 16.4. The van der Waals surface area contributed by atoms with Crippen molar-refractivity contribution in [2.75, 3.05) is 33.4 Å². The van der Waals surface area contributed by atoms with Gasteiger partial charge in [0.2, 0.25) is 0 Å². The lowest BCUT2D eigenvalue weighted by Gasteiger charge is -2.40. The van der Waals surface area contributed by atoms with E-state index < -0.39 is 0 Å². The highest BCUT2D eigenvalue weighted by molar-refractivity contribution is 5.20. The number of hydrogen-bond acceptors (Lipinski definition) is 3. The Labute approximate surface area is 127 Å². The second-order valence-electron chi connectivity index (χ2n) is 6.43. The number of ether oxygens (including phenoxy) is 1. The van der Waals surface area contributed by atoms with Gasteiger partial charge < -0.3 is 10.5 Å². The molecule has 1 aliphatic heterocycles. The summed E-state index contributed by atoms with van der Waals surface area (Å²) < 4.78 is 19.4. The molecule has 2 N–H and O–H groups in total. The molecule has 1 heterocycles. The third kappa shape index (κ3) is 4.25. The van der Waals surface area contributed by atoms with E-state index in [1.165, 1.54) is 12.5 Å². The quantitative estimate of drug-likeness (QED) is 0.876. The predicted molar refractivity (Wildman–Crippen MR) is 83.7 cm³/mol. The van der Waals surface area contributed by atoms with E-state index in [-0.39, 0.29) is 11.4 Å². The first-order valence-electron chi connectivity index (χ1n) is 7.77. The van der Waals surface area contributed by atoms with Crippen molar-refractivity contribution in [2.45, 2.75) is 31.7 Å². The van der Waals surface area contributed by atoms with Crippen molar-refractivity contribution in [1.29, 1.82) is 0 Å². The summed E-state index contributed by atoms with van der Waals surface area (Å²) >= 11 is 0. The van der Waals surface area contributed by atoms with Crippen LogP contribution in [0.25, 0.3) is 0 Å². The van der Waals surface area contributed by atoms with Crippen LogP contribution in [-0.4, -0.2) is 43.8 Å². The number of rotatable bonds is 6. The normalized spacial score (nSPS) is 22.2. The molecular formula is C17H27FN2O. The van der Waals surface area contributed by atoms with Crippen molar-refractivity contribution in [3.63, 3.8) is 0 Å². The first-order valence-corrected chi connectivity index (χ1v) is 7.77. The minimum absolute atomic E-state index is 0.147. The van der Waals surface area contributed by atoms with Gasteiger partial charge in [0.15, 0.2) is 0 Å². The van der Waals surface area contributed by atoms with Gasteiger partial charge >= 0.3 is 0 Å². The van der Waals surface area contributed by atoms with Gasteiger partial charge in [-0.05, 0) is 50.8 Å². The summed E-state index contributed by atoms with van der Waals surface area (Å²) in [4.78, 5) is 2.28. The van der Waals surface area contributed by atoms with Gasteiger partial charge in [-0.1, -0.05) is 18.2 Å². The van der Waals surface area contributed by atoms with Crippen LogP contribution in [0.15, 0.2) is 24.3 Å². The van der Waals surface area contributed by atoms with Gasteiger partial charge in [0.05, 0.1) is 6.61 Å². The molecule has 0 amide bonds. The third-order valence-electron chi connectivity index (χ3n) is 4.68. The zero-order valence-electron chi connectivity index (χ0n) is 13.1. The van der Waals surface area contributed by atoms with Gasteiger partial charge in [-0.25, -0.2) is 4.39 Å². The van der Waals surface area contributed by atoms with Crippen LogP contribution < -0.4 is 5.73 Å². The molecule has 0 spiro atoms. The average molecular weight is 294 g/mol. The fraction of sp³-hybridized carbons (Fsp3) is 0.647. The van der Waals surface area contributed by atoms with E-state index in [2.05, 4.69) is 18.9 Å². The molecule has 0 radical (unpaired) electrons. The maximum atomic E-state index is 13.9. The fourth-order valence-electron chi connectivity index (χ4n) is 2.97. The molecule has 0 bridgehead atoms. The maximum Gasteiger partial charge on any atom is 0.126 e. The smallest absolute Gasteiger partial charge is 0.126 e. The predicted octanol–water partition coefficient (Wildman–Crippen LogP) is 2.44. The van der Waals surface area contributed by atoms with Gasteiger partial charge in [-0.3, -0.25) is 4.90 Å². The van der Waals surface area contributed by atoms with E-state index in [1.54, 1.807) is 6.07 Å². The molecule has 1 fully saturated rings. The molecular weight excluding hydrogens is 267 g/mol. The summed E-state index contributed by atoms with van der Waals surface area (Å²) in [6.45, 7) is 5.27. The van der Waals surface area contributed by atoms with E-state index in [0.29, 0.717) is 18.9 Å². The Balaban J connectivity index is 2.03. The summed E-state index contributed by atoms with van der Waals surface area (Å²) in [6.07, 6.45) is 2.95. The summed E-state index contributed by atoms with van der Waals surface area (Å²) in [5, 5.41) is 0. The molecule has 2 atom stereocenters. The Bertz CT molecular complexity index is 448. The summed E-state index contributed by atoms with van der Waals surface area (Å²) in [5.41, 5.74) is 6.51. The van der Waals surface area contributed by atoms with Crippen molar-refractivity contribution in [2.24, 2.45) is 11.7 Å². The van der Waals surface area contributed by atoms with Crippen LogP contribution >= 0.6 is 0 Å². The largest absolute Gasteiger partial charge is 0.381 e.